The molecule has 4 rings (SSSR count). The van der Waals surface area contributed by atoms with Gasteiger partial charge in [-0.15, -0.1) is 0 Å². The minimum atomic E-state index is -1.07. The van der Waals surface area contributed by atoms with Crippen LogP contribution in [0.4, 0.5) is 18.9 Å². The average molecular weight is 431 g/mol. The standard InChI is InChI=1S/C20H10ClF3N4O2/c21-13-2-1-11-10(7-26-18(11)17(13)24)5-16-19(29)28(20(30)27-16)8-9-3-14(22)12(6-25)15(23)4-9/h1-5,7,29H,8H2,(H,27,30). The van der Waals surface area contributed by atoms with Crippen molar-refractivity contribution in [2.24, 2.45) is 4.99 Å². The third kappa shape index (κ3) is 3.17. The zero-order chi connectivity index (χ0) is 21.6. The number of hydrogen-bond donors (Lipinski definition) is 2. The molecule has 0 bridgehead atoms. The molecule has 1 aliphatic heterocycles. The Hall–Kier alpha value is -3.77. The van der Waals surface area contributed by atoms with Crippen LogP contribution in [0, 0.1) is 28.8 Å². The maximum Gasteiger partial charge on any atom is 0.329 e. The summed E-state index contributed by atoms with van der Waals surface area (Å²) in [5.74, 6) is -3.32. The molecule has 30 heavy (non-hydrogen) atoms. The number of nitrogens with zero attached hydrogens (tertiary/aromatic N) is 3. The summed E-state index contributed by atoms with van der Waals surface area (Å²) in [6, 6.07) is 6.13. The molecule has 0 fully saturated rings. The Kier molecular flexibility index (Phi) is 4.72. The molecular weight excluding hydrogens is 421 g/mol. The molecule has 2 aromatic carbocycles. The number of nitriles is 1. The van der Waals surface area contributed by atoms with Crippen molar-refractivity contribution in [3.05, 3.63) is 79.6 Å². The zero-order valence-corrected chi connectivity index (χ0v) is 15.6. The molecule has 6 nitrogen and oxygen atoms in total. The van der Waals surface area contributed by atoms with Gasteiger partial charge in [-0.3, -0.25) is 9.56 Å². The molecule has 0 spiro atoms. The van der Waals surface area contributed by atoms with Crippen molar-refractivity contribution in [2.75, 3.05) is 0 Å². The van der Waals surface area contributed by atoms with E-state index < -0.39 is 34.6 Å². The molecule has 1 aliphatic rings. The number of aromatic amines is 1. The maximum absolute atomic E-state index is 14.1. The number of allylic oxidation sites excluding steroid dienone is 1. The van der Waals surface area contributed by atoms with Crippen molar-refractivity contribution in [1.29, 1.82) is 5.26 Å². The summed E-state index contributed by atoms with van der Waals surface area (Å²) >= 11 is 5.74. The van der Waals surface area contributed by atoms with Crippen LogP contribution in [-0.2, 0) is 6.54 Å². The second kappa shape index (κ2) is 7.24. The maximum atomic E-state index is 14.1. The van der Waals surface area contributed by atoms with Crippen LogP contribution in [0.2, 0.25) is 5.02 Å². The molecule has 2 N–H and O–H groups in total. The van der Waals surface area contributed by atoms with Crippen molar-refractivity contribution in [1.82, 2.24) is 9.55 Å². The number of imidazole rings is 1. The third-order valence-electron chi connectivity index (χ3n) is 4.55. The fourth-order valence-electron chi connectivity index (χ4n) is 3.11. The molecule has 0 radical (unpaired) electrons. The first-order valence-electron chi connectivity index (χ1n) is 8.44. The highest BCUT2D eigenvalue weighted by molar-refractivity contribution is 6.31. The molecule has 10 heteroatoms. The average Bonchev–Trinajstić information content (AvgIpc) is 3.21. The van der Waals surface area contributed by atoms with E-state index in [4.69, 9.17) is 16.9 Å². The Bertz CT molecular complexity index is 1340. The van der Waals surface area contributed by atoms with Gasteiger partial charge >= 0.3 is 5.69 Å². The number of aliphatic imine (C=N–C) groups is 1. The van der Waals surface area contributed by atoms with Crippen LogP contribution in [0.15, 0.2) is 34.1 Å². The number of nitrogens with one attached hydrogen (secondary N) is 1. The molecule has 0 unspecified atom stereocenters. The van der Waals surface area contributed by atoms with Crippen LogP contribution in [0.3, 0.4) is 0 Å². The van der Waals surface area contributed by atoms with Gasteiger partial charge in [-0.25, -0.2) is 18.0 Å². The smallest absolute Gasteiger partial charge is 0.329 e. The summed E-state index contributed by atoms with van der Waals surface area (Å²) in [4.78, 5) is 18.6. The molecular formula is C20H10ClF3N4O2. The number of aromatic hydroxyl groups is 1. The zero-order valence-electron chi connectivity index (χ0n) is 14.9. The van der Waals surface area contributed by atoms with Gasteiger partial charge in [0.2, 0.25) is 5.88 Å². The monoisotopic (exact) mass is 430 g/mol. The first-order chi connectivity index (χ1) is 14.3. The highest BCUT2D eigenvalue weighted by Crippen LogP contribution is 2.38. The van der Waals surface area contributed by atoms with E-state index in [9.17, 15) is 23.1 Å². The van der Waals surface area contributed by atoms with Gasteiger partial charge in [0.25, 0.3) is 0 Å². The SMILES string of the molecule is N#Cc1c(F)cc(Cn2c(O)c(C=C3C=Nc4c3ccc(Cl)c4F)[nH]c2=O)cc1F. The minimum absolute atomic E-state index is 0.000697. The van der Waals surface area contributed by atoms with E-state index in [0.29, 0.717) is 11.1 Å². The molecule has 0 atom stereocenters. The Morgan fingerprint density at radius 2 is 1.97 bits per heavy atom. The van der Waals surface area contributed by atoms with Gasteiger partial charge in [-0.2, -0.15) is 5.26 Å². The van der Waals surface area contributed by atoms with Crippen LogP contribution >= 0.6 is 11.6 Å². The third-order valence-corrected chi connectivity index (χ3v) is 4.84. The van der Waals surface area contributed by atoms with Crippen LogP contribution in [-0.4, -0.2) is 20.9 Å². The van der Waals surface area contributed by atoms with Crippen LogP contribution in [0.5, 0.6) is 5.88 Å². The number of fused-ring (bicyclic) bond motifs is 1. The van der Waals surface area contributed by atoms with E-state index in [1.54, 1.807) is 6.07 Å². The lowest BCUT2D eigenvalue weighted by atomic mass is 10.1. The van der Waals surface area contributed by atoms with Gasteiger partial charge in [-0.1, -0.05) is 17.7 Å². The van der Waals surface area contributed by atoms with E-state index in [2.05, 4.69) is 9.98 Å². The Balaban J connectivity index is 1.71. The van der Waals surface area contributed by atoms with Crippen molar-refractivity contribution in [3.8, 4) is 11.9 Å². The normalized spacial score (nSPS) is 13.6. The number of H-pyrrole nitrogens is 1. The van der Waals surface area contributed by atoms with E-state index in [0.717, 1.165) is 16.7 Å². The number of benzene rings is 2. The second-order valence-electron chi connectivity index (χ2n) is 6.42. The van der Waals surface area contributed by atoms with Crippen molar-refractivity contribution in [3.63, 3.8) is 0 Å². The fraction of sp³-hybridized carbons (Fsp3) is 0.0500. The quantitative estimate of drug-likeness (QED) is 0.654. The molecule has 2 heterocycles. The van der Waals surface area contributed by atoms with Crippen molar-refractivity contribution < 1.29 is 18.3 Å². The van der Waals surface area contributed by atoms with E-state index in [1.807, 2.05) is 0 Å². The summed E-state index contributed by atoms with van der Waals surface area (Å²) in [5.41, 5.74) is -0.564. The molecule has 3 aromatic rings. The largest absolute Gasteiger partial charge is 0.493 e. The fourth-order valence-corrected chi connectivity index (χ4v) is 3.26. The van der Waals surface area contributed by atoms with E-state index >= 15 is 0 Å². The van der Waals surface area contributed by atoms with Crippen LogP contribution in [0.25, 0.3) is 11.6 Å². The lowest BCUT2D eigenvalue weighted by Gasteiger charge is -2.06. The van der Waals surface area contributed by atoms with Gasteiger partial charge in [0, 0.05) is 17.4 Å². The Labute approximate surface area is 171 Å². The molecule has 0 amide bonds. The Morgan fingerprint density at radius 1 is 1.27 bits per heavy atom. The lowest BCUT2D eigenvalue weighted by Crippen LogP contribution is -2.17. The highest BCUT2D eigenvalue weighted by Gasteiger charge is 2.21. The van der Waals surface area contributed by atoms with Crippen molar-refractivity contribution in [2.45, 2.75) is 6.54 Å². The van der Waals surface area contributed by atoms with Gasteiger partial charge in [-0.05, 0) is 29.8 Å². The summed E-state index contributed by atoms with van der Waals surface area (Å²) < 4.78 is 42.5. The molecule has 150 valence electrons. The van der Waals surface area contributed by atoms with E-state index in [1.165, 1.54) is 24.4 Å². The molecule has 0 saturated heterocycles. The molecule has 1 aromatic heterocycles. The summed E-state index contributed by atoms with van der Waals surface area (Å²) in [5, 5.41) is 19.1. The number of aromatic nitrogens is 2. The molecule has 0 saturated carbocycles. The molecule has 0 aliphatic carbocycles. The summed E-state index contributed by atoms with van der Waals surface area (Å²) in [6.07, 6.45) is 2.74. The topological polar surface area (TPSA) is 94.2 Å². The van der Waals surface area contributed by atoms with Crippen molar-refractivity contribution >= 4 is 35.2 Å². The van der Waals surface area contributed by atoms with Crippen LogP contribution in [0.1, 0.15) is 22.4 Å². The number of hydrogen-bond acceptors (Lipinski definition) is 4. The van der Waals surface area contributed by atoms with Crippen LogP contribution < -0.4 is 5.69 Å². The van der Waals surface area contributed by atoms with Gasteiger partial charge in [0.1, 0.15) is 34.6 Å². The predicted octanol–water partition coefficient (Wildman–Crippen LogP) is 4.13. The second-order valence-corrected chi connectivity index (χ2v) is 6.82. The van der Waals surface area contributed by atoms with Gasteiger partial charge in [0.15, 0.2) is 5.82 Å². The van der Waals surface area contributed by atoms with Gasteiger partial charge < -0.3 is 10.1 Å². The number of halogens is 4. The lowest BCUT2D eigenvalue weighted by molar-refractivity contribution is 0.420. The minimum Gasteiger partial charge on any atom is -0.493 e. The predicted molar refractivity (Wildman–Crippen MR) is 104 cm³/mol. The first-order valence-corrected chi connectivity index (χ1v) is 8.82. The summed E-state index contributed by atoms with van der Waals surface area (Å²) in [7, 11) is 0. The summed E-state index contributed by atoms with van der Waals surface area (Å²) in [6.45, 7) is -0.348. The van der Waals surface area contributed by atoms with Gasteiger partial charge in [0.05, 0.1) is 11.6 Å². The first kappa shape index (κ1) is 19.5. The Morgan fingerprint density at radius 3 is 2.63 bits per heavy atom. The number of rotatable bonds is 3. The van der Waals surface area contributed by atoms with E-state index in [-0.39, 0.29) is 28.5 Å². The highest BCUT2D eigenvalue weighted by atomic mass is 35.5.